The van der Waals surface area contributed by atoms with Crippen LogP contribution in [0.5, 0.6) is 0 Å². The van der Waals surface area contributed by atoms with Crippen molar-refractivity contribution in [2.45, 2.75) is 30.2 Å². The van der Waals surface area contributed by atoms with Crippen molar-refractivity contribution < 1.29 is 13.2 Å². The number of ether oxygens (including phenoxy) is 1. The fourth-order valence-corrected chi connectivity index (χ4v) is 3.84. The van der Waals surface area contributed by atoms with Crippen molar-refractivity contribution in [2.75, 3.05) is 25.1 Å². The van der Waals surface area contributed by atoms with Gasteiger partial charge in [0.25, 0.3) is 0 Å². The highest BCUT2D eigenvalue weighted by molar-refractivity contribution is 7.89. The van der Waals surface area contributed by atoms with Crippen LogP contribution in [0.4, 0.5) is 5.69 Å². The number of anilines is 1. The van der Waals surface area contributed by atoms with E-state index in [9.17, 15) is 8.42 Å². The van der Waals surface area contributed by atoms with E-state index in [0.717, 1.165) is 38.1 Å². The average Bonchev–Trinajstić information content (AvgIpc) is 2.86. The zero-order valence-electron chi connectivity index (χ0n) is 10.7. The Morgan fingerprint density at radius 1 is 1.37 bits per heavy atom. The molecule has 2 aliphatic heterocycles. The fourth-order valence-electron chi connectivity index (χ4n) is 2.56. The van der Waals surface area contributed by atoms with Crippen molar-refractivity contribution in [3.05, 3.63) is 23.8 Å². The Kier molecular flexibility index (Phi) is 3.47. The van der Waals surface area contributed by atoms with Gasteiger partial charge in [0.05, 0.1) is 11.5 Å². The standard InChI is InChI=1S/C13H18N2O3S/c16-19(17,15-11-2-1-7-18-9-11)12-4-3-10-5-6-14-13(10)8-12/h3-4,8,11,14-15H,1-2,5-7,9H2. The highest BCUT2D eigenvalue weighted by Gasteiger charge is 2.23. The predicted octanol–water partition coefficient (Wildman–Crippen LogP) is 1.11. The Bertz CT molecular complexity index is 565. The van der Waals surface area contributed by atoms with E-state index in [1.807, 2.05) is 6.07 Å². The molecule has 0 amide bonds. The maximum atomic E-state index is 12.3. The van der Waals surface area contributed by atoms with Gasteiger partial charge >= 0.3 is 0 Å². The molecule has 1 fully saturated rings. The first kappa shape index (κ1) is 12.9. The minimum Gasteiger partial charge on any atom is -0.384 e. The van der Waals surface area contributed by atoms with Gasteiger partial charge in [0.1, 0.15) is 0 Å². The van der Waals surface area contributed by atoms with Crippen LogP contribution in [0, 0.1) is 0 Å². The molecule has 6 heteroatoms. The Labute approximate surface area is 113 Å². The Balaban J connectivity index is 1.79. The summed E-state index contributed by atoms with van der Waals surface area (Å²) in [6.45, 7) is 2.06. The summed E-state index contributed by atoms with van der Waals surface area (Å²) in [5, 5.41) is 3.20. The topological polar surface area (TPSA) is 67.4 Å². The van der Waals surface area contributed by atoms with E-state index in [2.05, 4.69) is 10.0 Å². The first-order valence-corrected chi connectivity index (χ1v) is 8.10. The third kappa shape index (κ3) is 2.75. The van der Waals surface area contributed by atoms with Crippen LogP contribution >= 0.6 is 0 Å². The largest absolute Gasteiger partial charge is 0.384 e. The van der Waals surface area contributed by atoms with Gasteiger partial charge in [0.2, 0.25) is 10.0 Å². The van der Waals surface area contributed by atoms with Gasteiger partial charge in [0.15, 0.2) is 0 Å². The Morgan fingerprint density at radius 3 is 3.05 bits per heavy atom. The SMILES string of the molecule is O=S(=O)(NC1CCCOC1)c1ccc2c(c1)NCC2. The van der Waals surface area contributed by atoms with E-state index in [4.69, 9.17) is 4.74 Å². The number of rotatable bonds is 3. The number of benzene rings is 1. The van der Waals surface area contributed by atoms with E-state index >= 15 is 0 Å². The van der Waals surface area contributed by atoms with Gasteiger partial charge in [-0.25, -0.2) is 13.1 Å². The lowest BCUT2D eigenvalue weighted by Crippen LogP contribution is -2.40. The average molecular weight is 282 g/mol. The monoisotopic (exact) mass is 282 g/mol. The molecule has 5 nitrogen and oxygen atoms in total. The smallest absolute Gasteiger partial charge is 0.240 e. The van der Waals surface area contributed by atoms with Crippen LogP contribution in [0.3, 0.4) is 0 Å². The van der Waals surface area contributed by atoms with Gasteiger partial charge < -0.3 is 10.1 Å². The summed E-state index contributed by atoms with van der Waals surface area (Å²) in [5.74, 6) is 0. The molecule has 2 N–H and O–H groups in total. The molecule has 2 heterocycles. The van der Waals surface area contributed by atoms with Gasteiger partial charge in [-0.15, -0.1) is 0 Å². The molecule has 0 aliphatic carbocycles. The first-order chi connectivity index (χ1) is 9.15. The molecule has 0 saturated carbocycles. The molecule has 3 rings (SSSR count). The van der Waals surface area contributed by atoms with Gasteiger partial charge in [-0.2, -0.15) is 0 Å². The quantitative estimate of drug-likeness (QED) is 0.871. The molecule has 104 valence electrons. The second-order valence-electron chi connectivity index (χ2n) is 5.03. The van der Waals surface area contributed by atoms with Crippen LogP contribution in [0.25, 0.3) is 0 Å². The highest BCUT2D eigenvalue weighted by Crippen LogP contribution is 2.25. The fraction of sp³-hybridized carbons (Fsp3) is 0.538. The van der Waals surface area contributed by atoms with Gasteiger partial charge in [0, 0.05) is 24.9 Å². The second kappa shape index (κ2) is 5.11. The molecule has 0 aromatic heterocycles. The molecule has 1 atom stereocenters. The normalized spacial score (nSPS) is 22.8. The van der Waals surface area contributed by atoms with Gasteiger partial charge in [-0.3, -0.25) is 0 Å². The lowest BCUT2D eigenvalue weighted by Gasteiger charge is -2.23. The summed E-state index contributed by atoms with van der Waals surface area (Å²) in [5.41, 5.74) is 2.11. The molecule has 1 unspecified atom stereocenters. The Morgan fingerprint density at radius 2 is 2.26 bits per heavy atom. The molecule has 1 saturated heterocycles. The van der Waals surface area contributed by atoms with Crippen LogP contribution in [0.15, 0.2) is 23.1 Å². The van der Waals surface area contributed by atoms with Crippen LogP contribution in [0.2, 0.25) is 0 Å². The number of hydrogen-bond acceptors (Lipinski definition) is 4. The molecular weight excluding hydrogens is 264 g/mol. The molecule has 0 radical (unpaired) electrons. The number of hydrogen-bond donors (Lipinski definition) is 2. The van der Waals surface area contributed by atoms with Crippen LogP contribution in [-0.4, -0.2) is 34.2 Å². The number of sulfonamides is 1. The summed E-state index contributed by atoms with van der Waals surface area (Å²) in [7, 11) is -3.45. The molecule has 19 heavy (non-hydrogen) atoms. The first-order valence-electron chi connectivity index (χ1n) is 6.62. The lowest BCUT2D eigenvalue weighted by atomic mass is 10.1. The van der Waals surface area contributed by atoms with E-state index in [1.54, 1.807) is 12.1 Å². The van der Waals surface area contributed by atoms with Crippen molar-refractivity contribution in [1.82, 2.24) is 4.72 Å². The predicted molar refractivity (Wildman–Crippen MR) is 72.8 cm³/mol. The zero-order chi connectivity index (χ0) is 13.3. The highest BCUT2D eigenvalue weighted by atomic mass is 32.2. The Hall–Kier alpha value is -1.11. The summed E-state index contributed by atoms with van der Waals surface area (Å²) >= 11 is 0. The van der Waals surface area contributed by atoms with Crippen LogP contribution in [0.1, 0.15) is 18.4 Å². The van der Waals surface area contributed by atoms with Crippen LogP contribution < -0.4 is 10.0 Å². The van der Waals surface area contributed by atoms with Crippen molar-refractivity contribution >= 4 is 15.7 Å². The van der Waals surface area contributed by atoms with Gasteiger partial charge in [-0.05, 0) is 37.0 Å². The van der Waals surface area contributed by atoms with E-state index < -0.39 is 10.0 Å². The van der Waals surface area contributed by atoms with Crippen molar-refractivity contribution in [2.24, 2.45) is 0 Å². The third-order valence-corrected chi connectivity index (χ3v) is 5.10. The van der Waals surface area contributed by atoms with E-state index in [0.29, 0.717) is 11.5 Å². The minimum atomic E-state index is -3.45. The zero-order valence-corrected chi connectivity index (χ0v) is 11.5. The van der Waals surface area contributed by atoms with Gasteiger partial charge in [-0.1, -0.05) is 6.07 Å². The summed E-state index contributed by atoms with van der Waals surface area (Å²) in [6, 6.07) is 5.17. The van der Waals surface area contributed by atoms with E-state index in [-0.39, 0.29) is 6.04 Å². The minimum absolute atomic E-state index is 0.111. The molecule has 2 aliphatic rings. The second-order valence-corrected chi connectivity index (χ2v) is 6.75. The van der Waals surface area contributed by atoms with Crippen molar-refractivity contribution in [3.63, 3.8) is 0 Å². The van der Waals surface area contributed by atoms with Crippen molar-refractivity contribution in [3.8, 4) is 0 Å². The number of fused-ring (bicyclic) bond motifs is 1. The molecule has 1 aromatic carbocycles. The molecule has 0 bridgehead atoms. The maximum Gasteiger partial charge on any atom is 0.240 e. The summed E-state index contributed by atoms with van der Waals surface area (Å²) in [4.78, 5) is 0.325. The van der Waals surface area contributed by atoms with E-state index in [1.165, 1.54) is 5.56 Å². The summed E-state index contributed by atoms with van der Waals surface area (Å²) in [6.07, 6.45) is 2.70. The lowest BCUT2D eigenvalue weighted by molar-refractivity contribution is 0.0774. The molecule has 0 spiro atoms. The molecule has 1 aromatic rings. The van der Waals surface area contributed by atoms with Crippen molar-refractivity contribution in [1.29, 1.82) is 0 Å². The number of nitrogens with one attached hydrogen (secondary N) is 2. The van der Waals surface area contributed by atoms with Crippen LogP contribution in [-0.2, 0) is 21.2 Å². The third-order valence-electron chi connectivity index (χ3n) is 3.58. The molecular formula is C13H18N2O3S. The summed E-state index contributed by atoms with van der Waals surface area (Å²) < 4.78 is 32.6. The maximum absolute atomic E-state index is 12.3.